The van der Waals surface area contributed by atoms with Crippen LogP contribution in [0.3, 0.4) is 0 Å². The molecule has 0 saturated carbocycles. The van der Waals surface area contributed by atoms with Crippen LogP contribution in [0.5, 0.6) is 0 Å². The van der Waals surface area contributed by atoms with Crippen molar-refractivity contribution in [3.8, 4) is 0 Å². The van der Waals surface area contributed by atoms with Crippen molar-refractivity contribution in [1.82, 2.24) is 5.32 Å². The van der Waals surface area contributed by atoms with Gasteiger partial charge < -0.3 is 11.1 Å². The first kappa shape index (κ1) is 15.0. The highest BCUT2D eigenvalue weighted by molar-refractivity contribution is 6.31. The molecule has 0 heterocycles. The molecule has 3 N–H and O–H groups in total. The smallest absolute Gasteiger partial charge is 0.240 e. The Morgan fingerprint density at radius 1 is 1.50 bits per heavy atom. The molecule has 100 valence electrons. The topological polar surface area (TPSA) is 55.1 Å². The zero-order valence-electron chi connectivity index (χ0n) is 11.2. The maximum Gasteiger partial charge on any atom is 0.240 e. The average molecular weight is 269 g/mol. The van der Waals surface area contributed by atoms with E-state index >= 15 is 0 Å². The van der Waals surface area contributed by atoms with E-state index in [0.29, 0.717) is 12.8 Å². The van der Waals surface area contributed by atoms with Crippen molar-refractivity contribution in [2.45, 2.75) is 45.2 Å². The summed E-state index contributed by atoms with van der Waals surface area (Å²) in [6.45, 7) is 5.59. The Hall–Kier alpha value is -1.06. The van der Waals surface area contributed by atoms with Crippen LogP contribution >= 0.6 is 11.6 Å². The molecule has 1 amide bonds. The normalized spacial score (nSPS) is 15.8. The van der Waals surface area contributed by atoms with Gasteiger partial charge in [-0.15, -0.1) is 0 Å². The van der Waals surface area contributed by atoms with Crippen molar-refractivity contribution in [2.24, 2.45) is 5.73 Å². The SMILES string of the molecule is CCC(C)(N)C(=O)NC(C)Cc1ccccc1Cl. The van der Waals surface area contributed by atoms with Gasteiger partial charge in [-0.1, -0.05) is 36.7 Å². The number of carbonyl (C=O) groups is 1. The van der Waals surface area contributed by atoms with Gasteiger partial charge >= 0.3 is 0 Å². The summed E-state index contributed by atoms with van der Waals surface area (Å²) in [5.74, 6) is -0.121. The zero-order valence-corrected chi connectivity index (χ0v) is 11.9. The first-order valence-corrected chi connectivity index (χ1v) is 6.58. The minimum atomic E-state index is -0.811. The number of carbonyl (C=O) groups excluding carboxylic acids is 1. The van der Waals surface area contributed by atoms with E-state index in [1.165, 1.54) is 0 Å². The number of hydrogen-bond acceptors (Lipinski definition) is 2. The van der Waals surface area contributed by atoms with Crippen molar-refractivity contribution in [2.75, 3.05) is 0 Å². The van der Waals surface area contributed by atoms with Crippen LogP contribution in [0.25, 0.3) is 0 Å². The fourth-order valence-corrected chi connectivity index (χ4v) is 1.81. The quantitative estimate of drug-likeness (QED) is 0.862. The van der Waals surface area contributed by atoms with Crippen LogP contribution < -0.4 is 11.1 Å². The highest BCUT2D eigenvalue weighted by atomic mass is 35.5. The van der Waals surface area contributed by atoms with E-state index in [4.69, 9.17) is 17.3 Å². The van der Waals surface area contributed by atoms with Crippen molar-refractivity contribution in [1.29, 1.82) is 0 Å². The summed E-state index contributed by atoms with van der Waals surface area (Å²) in [6, 6.07) is 7.65. The molecular weight excluding hydrogens is 248 g/mol. The number of hydrogen-bond donors (Lipinski definition) is 2. The Balaban J connectivity index is 2.60. The summed E-state index contributed by atoms with van der Waals surface area (Å²) in [4.78, 5) is 11.9. The van der Waals surface area contributed by atoms with E-state index < -0.39 is 5.54 Å². The molecule has 18 heavy (non-hydrogen) atoms. The molecule has 3 nitrogen and oxygen atoms in total. The van der Waals surface area contributed by atoms with Crippen LogP contribution in [0.15, 0.2) is 24.3 Å². The maximum absolute atomic E-state index is 11.9. The summed E-state index contributed by atoms with van der Waals surface area (Å²) in [5, 5.41) is 3.65. The lowest BCUT2D eigenvalue weighted by Crippen LogP contribution is -2.53. The Morgan fingerprint density at radius 3 is 2.67 bits per heavy atom. The Morgan fingerprint density at radius 2 is 2.11 bits per heavy atom. The summed E-state index contributed by atoms with van der Waals surface area (Å²) in [7, 11) is 0. The van der Waals surface area contributed by atoms with Crippen LogP contribution in [-0.4, -0.2) is 17.5 Å². The van der Waals surface area contributed by atoms with Crippen molar-refractivity contribution < 1.29 is 4.79 Å². The number of rotatable bonds is 5. The first-order valence-electron chi connectivity index (χ1n) is 6.20. The average Bonchev–Trinajstić information content (AvgIpc) is 2.32. The van der Waals surface area contributed by atoms with Gasteiger partial charge in [-0.2, -0.15) is 0 Å². The molecule has 0 aliphatic rings. The van der Waals surface area contributed by atoms with Crippen molar-refractivity contribution in [3.05, 3.63) is 34.9 Å². The van der Waals surface area contributed by atoms with E-state index in [2.05, 4.69) is 5.32 Å². The first-order chi connectivity index (χ1) is 8.36. The van der Waals surface area contributed by atoms with Gasteiger partial charge in [0.1, 0.15) is 0 Å². The van der Waals surface area contributed by atoms with Gasteiger partial charge in [-0.05, 0) is 38.3 Å². The Labute approximate surface area is 114 Å². The molecule has 0 aliphatic carbocycles. The van der Waals surface area contributed by atoms with Crippen LogP contribution in [0.4, 0.5) is 0 Å². The molecular formula is C14H21ClN2O. The molecule has 0 bridgehead atoms. The molecule has 4 heteroatoms. The van der Waals surface area contributed by atoms with E-state index in [-0.39, 0.29) is 11.9 Å². The lowest BCUT2D eigenvalue weighted by atomic mass is 9.98. The Bertz CT molecular complexity index is 418. The number of nitrogens with one attached hydrogen (secondary N) is 1. The number of benzene rings is 1. The van der Waals surface area contributed by atoms with E-state index in [1.54, 1.807) is 6.92 Å². The van der Waals surface area contributed by atoms with E-state index in [0.717, 1.165) is 10.6 Å². The molecule has 1 aromatic rings. The molecule has 0 radical (unpaired) electrons. The monoisotopic (exact) mass is 268 g/mol. The predicted molar refractivity (Wildman–Crippen MR) is 75.6 cm³/mol. The third kappa shape index (κ3) is 4.00. The summed E-state index contributed by atoms with van der Waals surface area (Å²) < 4.78 is 0. The van der Waals surface area contributed by atoms with E-state index in [1.807, 2.05) is 38.1 Å². The Kier molecular flexibility index (Phi) is 5.17. The highest BCUT2D eigenvalue weighted by Gasteiger charge is 2.26. The van der Waals surface area contributed by atoms with Gasteiger partial charge in [0.25, 0.3) is 0 Å². The molecule has 2 atom stereocenters. The fraction of sp³-hybridized carbons (Fsp3) is 0.500. The second kappa shape index (κ2) is 6.21. The molecule has 0 aromatic heterocycles. The second-order valence-electron chi connectivity index (χ2n) is 4.94. The molecule has 0 saturated heterocycles. The summed E-state index contributed by atoms with van der Waals surface area (Å²) in [5.41, 5.74) is 6.11. The third-order valence-electron chi connectivity index (χ3n) is 3.11. The van der Waals surface area contributed by atoms with E-state index in [9.17, 15) is 4.79 Å². The summed E-state index contributed by atoms with van der Waals surface area (Å²) in [6.07, 6.45) is 1.31. The predicted octanol–water partition coefficient (Wildman–Crippen LogP) is 2.51. The fourth-order valence-electron chi connectivity index (χ4n) is 1.59. The van der Waals surface area contributed by atoms with Crippen LogP contribution in [0, 0.1) is 0 Å². The van der Waals surface area contributed by atoms with Crippen LogP contribution in [0.1, 0.15) is 32.8 Å². The minimum absolute atomic E-state index is 0.00632. The largest absolute Gasteiger partial charge is 0.352 e. The molecule has 0 spiro atoms. The molecule has 2 unspecified atom stereocenters. The number of amides is 1. The number of halogens is 1. The molecule has 0 fully saturated rings. The van der Waals surface area contributed by atoms with Crippen molar-refractivity contribution >= 4 is 17.5 Å². The summed E-state index contributed by atoms with van der Waals surface area (Å²) >= 11 is 6.08. The van der Waals surface area contributed by atoms with Gasteiger partial charge in [0, 0.05) is 11.1 Å². The molecule has 1 rings (SSSR count). The van der Waals surface area contributed by atoms with Gasteiger partial charge in [-0.3, -0.25) is 4.79 Å². The van der Waals surface area contributed by atoms with Crippen LogP contribution in [-0.2, 0) is 11.2 Å². The molecule has 1 aromatic carbocycles. The minimum Gasteiger partial charge on any atom is -0.352 e. The second-order valence-corrected chi connectivity index (χ2v) is 5.35. The highest BCUT2D eigenvalue weighted by Crippen LogP contribution is 2.16. The van der Waals surface area contributed by atoms with Gasteiger partial charge in [0.2, 0.25) is 5.91 Å². The molecule has 0 aliphatic heterocycles. The van der Waals surface area contributed by atoms with Gasteiger partial charge in [-0.25, -0.2) is 0 Å². The van der Waals surface area contributed by atoms with Gasteiger partial charge in [0.05, 0.1) is 5.54 Å². The lowest BCUT2D eigenvalue weighted by Gasteiger charge is -2.24. The van der Waals surface area contributed by atoms with Crippen LogP contribution in [0.2, 0.25) is 5.02 Å². The lowest BCUT2D eigenvalue weighted by molar-refractivity contribution is -0.126. The third-order valence-corrected chi connectivity index (χ3v) is 3.48. The maximum atomic E-state index is 11.9. The van der Waals surface area contributed by atoms with Gasteiger partial charge in [0.15, 0.2) is 0 Å². The zero-order chi connectivity index (χ0) is 13.8. The standard InChI is InChI=1S/C14H21ClN2O/c1-4-14(3,16)13(18)17-10(2)9-11-7-5-6-8-12(11)15/h5-8,10H,4,9,16H2,1-3H3,(H,17,18). The number of nitrogens with two attached hydrogens (primary N) is 1. The van der Waals surface area contributed by atoms with Crippen molar-refractivity contribution in [3.63, 3.8) is 0 Å².